The second-order valence-electron chi connectivity index (χ2n) is 10.3. The molecule has 4 aromatic rings. The van der Waals surface area contributed by atoms with Crippen molar-refractivity contribution in [2.45, 2.75) is 30.9 Å². The minimum atomic E-state index is -0.668. The standard InChI is InChI=1S/C29H31N5OS/c1-28(35)19-29(30,20-28)23-9-7-21(8-10-23)25-26(22-5-3-2-4-6-22)36-27(32-25)34-17-15-33(16-18-34)24-11-13-31-14-12-24/h2-14,35H,15-20,30H2,1H3/t28-,29+. The zero-order valence-corrected chi connectivity index (χ0v) is 21.3. The second kappa shape index (κ2) is 9.00. The Labute approximate surface area is 216 Å². The van der Waals surface area contributed by atoms with E-state index < -0.39 is 11.1 Å². The van der Waals surface area contributed by atoms with E-state index in [1.807, 2.05) is 25.4 Å². The highest BCUT2D eigenvalue weighted by Crippen LogP contribution is 2.47. The highest BCUT2D eigenvalue weighted by Gasteiger charge is 2.49. The maximum Gasteiger partial charge on any atom is 0.186 e. The molecule has 2 aromatic carbocycles. The Balaban J connectivity index is 1.28. The molecular weight excluding hydrogens is 466 g/mol. The Morgan fingerprint density at radius 2 is 1.47 bits per heavy atom. The first-order chi connectivity index (χ1) is 17.4. The van der Waals surface area contributed by atoms with Crippen LogP contribution in [-0.4, -0.2) is 46.9 Å². The van der Waals surface area contributed by atoms with Gasteiger partial charge in [-0.3, -0.25) is 4.98 Å². The molecule has 1 aliphatic heterocycles. The smallest absolute Gasteiger partial charge is 0.186 e. The molecule has 0 atom stereocenters. The zero-order valence-electron chi connectivity index (χ0n) is 20.5. The minimum absolute atomic E-state index is 0.452. The monoisotopic (exact) mass is 497 g/mol. The van der Waals surface area contributed by atoms with Crippen LogP contribution in [-0.2, 0) is 5.54 Å². The lowest BCUT2D eigenvalue weighted by molar-refractivity contribution is -0.0738. The molecule has 2 aromatic heterocycles. The molecule has 1 saturated carbocycles. The fraction of sp³-hybridized carbons (Fsp3) is 0.310. The van der Waals surface area contributed by atoms with Gasteiger partial charge < -0.3 is 20.6 Å². The molecule has 1 aliphatic carbocycles. The number of pyridine rings is 1. The Morgan fingerprint density at radius 3 is 2.11 bits per heavy atom. The molecule has 3 N–H and O–H groups in total. The molecule has 2 aliphatic rings. The lowest BCUT2D eigenvalue weighted by atomic mass is 9.63. The van der Waals surface area contributed by atoms with Gasteiger partial charge in [-0.1, -0.05) is 65.9 Å². The lowest BCUT2D eigenvalue weighted by Crippen LogP contribution is -2.58. The molecule has 6 nitrogen and oxygen atoms in total. The summed E-state index contributed by atoms with van der Waals surface area (Å²) in [5.41, 5.74) is 11.0. The maximum atomic E-state index is 10.2. The number of aromatic nitrogens is 2. The Hall–Kier alpha value is -3.26. The Morgan fingerprint density at radius 1 is 0.833 bits per heavy atom. The van der Waals surface area contributed by atoms with Crippen molar-refractivity contribution in [3.63, 3.8) is 0 Å². The molecule has 0 unspecified atom stereocenters. The molecular formula is C29H31N5OS. The number of nitrogens with zero attached hydrogens (tertiary/aromatic N) is 4. The third-order valence-corrected chi connectivity index (χ3v) is 8.52. The van der Waals surface area contributed by atoms with E-state index in [0.29, 0.717) is 12.8 Å². The number of rotatable bonds is 5. The van der Waals surface area contributed by atoms with Crippen LogP contribution in [0.1, 0.15) is 25.3 Å². The third-order valence-electron chi connectivity index (χ3n) is 7.36. The third kappa shape index (κ3) is 4.39. The number of benzene rings is 2. The van der Waals surface area contributed by atoms with E-state index in [9.17, 15) is 5.11 Å². The summed E-state index contributed by atoms with van der Waals surface area (Å²) in [6, 6.07) is 23.1. The van der Waals surface area contributed by atoms with Crippen LogP contribution < -0.4 is 15.5 Å². The Kier molecular flexibility index (Phi) is 5.79. The molecule has 6 rings (SSSR count). The normalized spacial score (nSPS) is 24.0. The molecule has 1 saturated heterocycles. The van der Waals surface area contributed by atoms with Crippen molar-refractivity contribution < 1.29 is 5.11 Å². The predicted octanol–water partition coefficient (Wildman–Crippen LogP) is 4.90. The number of piperazine rings is 1. The predicted molar refractivity (Wildman–Crippen MR) is 147 cm³/mol. The molecule has 0 radical (unpaired) electrons. The van der Waals surface area contributed by atoms with Crippen LogP contribution in [0.5, 0.6) is 0 Å². The SMILES string of the molecule is C[C@]1(O)C[C@](N)(c2ccc(-c3nc(N4CCN(c5ccncc5)CC4)sc3-c3ccccc3)cc2)C1. The highest BCUT2D eigenvalue weighted by molar-refractivity contribution is 7.19. The van der Waals surface area contributed by atoms with Crippen molar-refractivity contribution >= 4 is 22.2 Å². The van der Waals surface area contributed by atoms with Crippen LogP contribution in [0.3, 0.4) is 0 Å². The summed E-state index contributed by atoms with van der Waals surface area (Å²) in [5.74, 6) is 0. The summed E-state index contributed by atoms with van der Waals surface area (Å²) < 4.78 is 0. The summed E-state index contributed by atoms with van der Waals surface area (Å²) in [5, 5.41) is 11.3. The van der Waals surface area contributed by atoms with Crippen LogP contribution in [0.4, 0.5) is 10.8 Å². The summed E-state index contributed by atoms with van der Waals surface area (Å²) in [6.45, 7) is 5.62. The number of hydrogen-bond donors (Lipinski definition) is 2. The van der Waals surface area contributed by atoms with Gasteiger partial charge >= 0.3 is 0 Å². The van der Waals surface area contributed by atoms with Crippen molar-refractivity contribution in [3.05, 3.63) is 84.7 Å². The molecule has 0 amide bonds. The van der Waals surface area contributed by atoms with Crippen molar-refractivity contribution in [2.75, 3.05) is 36.0 Å². The van der Waals surface area contributed by atoms with E-state index in [2.05, 4.69) is 75.4 Å². The van der Waals surface area contributed by atoms with Gasteiger partial charge in [-0.05, 0) is 43.0 Å². The van der Waals surface area contributed by atoms with Crippen molar-refractivity contribution in [2.24, 2.45) is 5.73 Å². The van der Waals surface area contributed by atoms with E-state index in [4.69, 9.17) is 10.7 Å². The van der Waals surface area contributed by atoms with Gasteiger partial charge in [0.05, 0.1) is 16.2 Å². The van der Waals surface area contributed by atoms with Gasteiger partial charge in [-0.25, -0.2) is 4.98 Å². The first-order valence-corrected chi connectivity index (χ1v) is 13.3. The topological polar surface area (TPSA) is 78.5 Å². The van der Waals surface area contributed by atoms with Crippen LogP contribution in [0.25, 0.3) is 21.7 Å². The van der Waals surface area contributed by atoms with Gasteiger partial charge in [-0.15, -0.1) is 0 Å². The average Bonchev–Trinajstić information content (AvgIpc) is 3.34. The van der Waals surface area contributed by atoms with Crippen LogP contribution in [0.2, 0.25) is 0 Å². The maximum absolute atomic E-state index is 10.2. The van der Waals surface area contributed by atoms with E-state index in [1.54, 1.807) is 11.3 Å². The van der Waals surface area contributed by atoms with Gasteiger partial charge in [0.15, 0.2) is 5.13 Å². The van der Waals surface area contributed by atoms with E-state index in [1.165, 1.54) is 16.1 Å². The van der Waals surface area contributed by atoms with Gasteiger partial charge in [0, 0.05) is 55.4 Å². The number of aliphatic hydroxyl groups is 1. The second-order valence-corrected chi connectivity index (χ2v) is 11.3. The fourth-order valence-corrected chi connectivity index (χ4v) is 6.75. The number of thiazole rings is 1. The van der Waals surface area contributed by atoms with Crippen molar-refractivity contribution in [1.29, 1.82) is 0 Å². The zero-order chi connectivity index (χ0) is 24.8. The van der Waals surface area contributed by atoms with Gasteiger partial charge in [-0.2, -0.15) is 0 Å². The minimum Gasteiger partial charge on any atom is -0.390 e. The average molecular weight is 498 g/mol. The summed E-state index contributed by atoms with van der Waals surface area (Å²) in [4.78, 5) is 15.3. The van der Waals surface area contributed by atoms with Gasteiger partial charge in [0.2, 0.25) is 0 Å². The van der Waals surface area contributed by atoms with E-state index >= 15 is 0 Å². The van der Waals surface area contributed by atoms with Crippen molar-refractivity contribution in [1.82, 2.24) is 9.97 Å². The molecule has 2 fully saturated rings. The van der Waals surface area contributed by atoms with Crippen LogP contribution >= 0.6 is 11.3 Å². The number of hydrogen-bond acceptors (Lipinski definition) is 7. The molecule has 184 valence electrons. The largest absolute Gasteiger partial charge is 0.390 e. The van der Waals surface area contributed by atoms with Gasteiger partial charge in [0.1, 0.15) is 0 Å². The summed E-state index contributed by atoms with van der Waals surface area (Å²) in [6.07, 6.45) is 4.88. The molecule has 36 heavy (non-hydrogen) atoms. The molecule has 0 spiro atoms. The molecule has 0 bridgehead atoms. The summed E-state index contributed by atoms with van der Waals surface area (Å²) in [7, 11) is 0. The van der Waals surface area contributed by atoms with E-state index in [0.717, 1.165) is 48.1 Å². The first-order valence-electron chi connectivity index (χ1n) is 12.5. The van der Waals surface area contributed by atoms with E-state index in [-0.39, 0.29) is 0 Å². The highest BCUT2D eigenvalue weighted by atomic mass is 32.1. The quantitative estimate of drug-likeness (QED) is 0.408. The molecule has 3 heterocycles. The number of nitrogens with two attached hydrogens (primary N) is 1. The molecule has 7 heteroatoms. The first kappa shape index (κ1) is 23.2. The Bertz CT molecular complexity index is 1320. The lowest BCUT2D eigenvalue weighted by Gasteiger charge is -2.49. The fourth-order valence-electron chi connectivity index (χ4n) is 5.61. The van der Waals surface area contributed by atoms with Crippen molar-refractivity contribution in [3.8, 4) is 21.7 Å². The van der Waals surface area contributed by atoms with Crippen LogP contribution in [0, 0.1) is 0 Å². The van der Waals surface area contributed by atoms with Crippen LogP contribution in [0.15, 0.2) is 79.1 Å². The summed E-state index contributed by atoms with van der Waals surface area (Å²) >= 11 is 1.76. The van der Waals surface area contributed by atoms with Gasteiger partial charge in [0.25, 0.3) is 0 Å². The number of anilines is 2.